The zero-order chi connectivity index (χ0) is 21.3. The monoisotopic (exact) mass is 572 g/mol. The van der Waals surface area contributed by atoms with Crippen molar-refractivity contribution in [1.82, 2.24) is 0 Å². The second-order valence-corrected chi connectivity index (χ2v) is 9.45. The molecule has 0 unspecified atom stereocenters. The molecule has 3 aromatic rings. The lowest BCUT2D eigenvalue weighted by molar-refractivity contribution is 0.512. The first kappa shape index (κ1) is 22.0. The Morgan fingerprint density at radius 3 is 2.21 bits per heavy atom. The van der Waals surface area contributed by atoms with E-state index in [1.54, 1.807) is 6.07 Å². The van der Waals surface area contributed by atoms with Crippen molar-refractivity contribution >= 4 is 72.9 Å². The van der Waals surface area contributed by atoms with Crippen LogP contribution in [-0.4, -0.2) is 8.42 Å². The lowest BCUT2D eigenvalue weighted by atomic mass is 10.2. The van der Waals surface area contributed by atoms with E-state index in [-0.39, 0.29) is 26.3 Å². The Bertz CT molecular complexity index is 1210. The van der Waals surface area contributed by atoms with Crippen molar-refractivity contribution in [2.75, 3.05) is 10.0 Å². The average Bonchev–Trinajstić information content (AvgIpc) is 2.62. The van der Waals surface area contributed by atoms with Crippen LogP contribution in [0.25, 0.3) is 0 Å². The standard InChI is InChI=1S/C18H10Cl2F3IN2O2S/c19-9-1-6-16(11(20)7-9)29(27,28)26-15-5-3-12(21)17(23)18(15)25-14-4-2-10(24)8-13(14)22/h1-8,25-26H. The second kappa shape index (κ2) is 8.58. The van der Waals surface area contributed by atoms with Crippen molar-refractivity contribution < 1.29 is 21.6 Å². The van der Waals surface area contributed by atoms with Gasteiger partial charge in [-0.05, 0) is 71.1 Å². The van der Waals surface area contributed by atoms with Gasteiger partial charge < -0.3 is 5.32 Å². The number of rotatable bonds is 5. The van der Waals surface area contributed by atoms with E-state index in [1.807, 2.05) is 22.6 Å². The fourth-order valence-corrected chi connectivity index (χ4v) is 4.68. The minimum atomic E-state index is -4.29. The summed E-state index contributed by atoms with van der Waals surface area (Å²) in [7, 11) is -4.29. The van der Waals surface area contributed by atoms with Crippen molar-refractivity contribution in [3.63, 3.8) is 0 Å². The van der Waals surface area contributed by atoms with E-state index in [1.165, 1.54) is 30.3 Å². The largest absolute Gasteiger partial charge is 0.349 e. The molecule has 0 spiro atoms. The number of hydrogen-bond acceptors (Lipinski definition) is 3. The van der Waals surface area contributed by atoms with E-state index >= 15 is 0 Å². The first-order valence-electron chi connectivity index (χ1n) is 7.76. The second-order valence-electron chi connectivity index (χ2n) is 5.71. The van der Waals surface area contributed by atoms with Crippen molar-refractivity contribution in [3.05, 3.63) is 79.6 Å². The van der Waals surface area contributed by atoms with Gasteiger partial charge in [-0.3, -0.25) is 4.72 Å². The molecule has 0 amide bonds. The van der Waals surface area contributed by atoms with Crippen LogP contribution in [0.1, 0.15) is 0 Å². The van der Waals surface area contributed by atoms with Crippen molar-refractivity contribution in [1.29, 1.82) is 0 Å². The summed E-state index contributed by atoms with van der Waals surface area (Å²) >= 11 is 13.6. The normalized spacial score (nSPS) is 11.4. The lowest BCUT2D eigenvalue weighted by Crippen LogP contribution is -2.15. The molecule has 0 heterocycles. The molecule has 0 fully saturated rings. The summed E-state index contributed by atoms with van der Waals surface area (Å²) in [4.78, 5) is -0.320. The first-order chi connectivity index (χ1) is 13.6. The number of hydrogen-bond donors (Lipinski definition) is 2. The maximum atomic E-state index is 14.4. The predicted octanol–water partition coefficient (Wildman–Crippen LogP) is 6.56. The maximum absolute atomic E-state index is 14.4. The Morgan fingerprint density at radius 2 is 1.55 bits per heavy atom. The predicted molar refractivity (Wildman–Crippen MR) is 116 cm³/mol. The van der Waals surface area contributed by atoms with Gasteiger partial charge in [0.05, 0.1) is 16.4 Å². The summed E-state index contributed by atoms with van der Waals surface area (Å²) in [5, 5.41) is 2.46. The van der Waals surface area contributed by atoms with E-state index in [4.69, 9.17) is 23.2 Å². The Hall–Kier alpha value is -1.69. The van der Waals surface area contributed by atoms with Crippen LogP contribution in [0.3, 0.4) is 0 Å². The fraction of sp³-hybridized carbons (Fsp3) is 0. The first-order valence-corrected chi connectivity index (χ1v) is 11.1. The van der Waals surface area contributed by atoms with Crippen LogP contribution in [0, 0.1) is 21.0 Å². The molecule has 2 N–H and O–H groups in total. The third-order valence-corrected chi connectivity index (χ3v) is 6.47. The van der Waals surface area contributed by atoms with Gasteiger partial charge in [-0.15, -0.1) is 0 Å². The van der Waals surface area contributed by atoms with Crippen LogP contribution in [0.5, 0.6) is 0 Å². The van der Waals surface area contributed by atoms with E-state index in [0.29, 0.717) is 3.57 Å². The number of benzene rings is 3. The highest BCUT2D eigenvalue weighted by Crippen LogP contribution is 2.34. The lowest BCUT2D eigenvalue weighted by Gasteiger charge is -2.16. The smallest absolute Gasteiger partial charge is 0.263 e. The molecule has 3 aromatic carbocycles. The minimum Gasteiger partial charge on any atom is -0.349 e. The summed E-state index contributed by atoms with van der Waals surface area (Å²) in [6.07, 6.45) is 0. The highest BCUT2D eigenvalue weighted by molar-refractivity contribution is 14.1. The highest BCUT2D eigenvalue weighted by atomic mass is 127. The summed E-state index contributed by atoms with van der Waals surface area (Å²) in [5.41, 5.74) is -1.09. The quantitative estimate of drug-likeness (QED) is 0.340. The van der Waals surface area contributed by atoms with Crippen molar-refractivity contribution in [2.45, 2.75) is 4.90 Å². The van der Waals surface area contributed by atoms with E-state index in [0.717, 1.165) is 12.1 Å². The fourth-order valence-electron chi connectivity index (χ4n) is 2.38. The summed E-state index contributed by atoms with van der Waals surface area (Å²) in [6, 6.07) is 9.49. The van der Waals surface area contributed by atoms with Gasteiger partial charge in [0.2, 0.25) is 0 Å². The molecule has 0 aliphatic rings. The third-order valence-electron chi connectivity index (χ3n) is 3.71. The highest BCUT2D eigenvalue weighted by Gasteiger charge is 2.23. The SMILES string of the molecule is O=S(=O)(Nc1ccc(F)c(F)c1Nc1ccc(I)cc1F)c1ccc(Cl)cc1Cl. The van der Waals surface area contributed by atoms with Gasteiger partial charge in [0, 0.05) is 8.59 Å². The van der Waals surface area contributed by atoms with E-state index in [9.17, 15) is 21.6 Å². The van der Waals surface area contributed by atoms with Gasteiger partial charge in [-0.1, -0.05) is 23.2 Å². The number of anilines is 3. The van der Waals surface area contributed by atoms with Crippen molar-refractivity contribution in [2.24, 2.45) is 0 Å². The van der Waals surface area contributed by atoms with Gasteiger partial charge in [0.15, 0.2) is 11.6 Å². The zero-order valence-electron chi connectivity index (χ0n) is 14.1. The van der Waals surface area contributed by atoms with Gasteiger partial charge in [0.25, 0.3) is 10.0 Å². The average molecular weight is 573 g/mol. The summed E-state index contributed by atoms with van der Waals surface area (Å²) in [5.74, 6) is -3.36. The van der Waals surface area contributed by atoms with Crippen LogP contribution in [0.2, 0.25) is 10.0 Å². The number of sulfonamides is 1. The minimum absolute atomic E-state index is 0.161. The van der Waals surface area contributed by atoms with Gasteiger partial charge >= 0.3 is 0 Å². The molecule has 152 valence electrons. The van der Waals surface area contributed by atoms with Crippen molar-refractivity contribution in [3.8, 4) is 0 Å². The number of halogens is 6. The molecule has 29 heavy (non-hydrogen) atoms. The molecule has 0 aromatic heterocycles. The molecule has 0 atom stereocenters. The third kappa shape index (κ3) is 4.90. The summed E-state index contributed by atoms with van der Waals surface area (Å²) in [6.45, 7) is 0. The van der Waals surface area contributed by atoms with Gasteiger partial charge in [-0.25, -0.2) is 21.6 Å². The van der Waals surface area contributed by atoms with Crippen LogP contribution in [0.15, 0.2) is 53.4 Å². The van der Waals surface area contributed by atoms with E-state index in [2.05, 4.69) is 10.0 Å². The molecule has 0 saturated carbocycles. The molecule has 11 heteroatoms. The topological polar surface area (TPSA) is 58.2 Å². The molecule has 3 rings (SSSR count). The Kier molecular flexibility index (Phi) is 6.51. The molecule has 0 aliphatic carbocycles. The summed E-state index contributed by atoms with van der Waals surface area (Å²) < 4.78 is 70.4. The molecule has 0 bridgehead atoms. The Morgan fingerprint density at radius 1 is 0.862 bits per heavy atom. The van der Waals surface area contributed by atoms with Crippen LogP contribution in [-0.2, 0) is 10.0 Å². The van der Waals surface area contributed by atoms with Crippen LogP contribution < -0.4 is 10.0 Å². The molecule has 0 saturated heterocycles. The number of nitrogens with one attached hydrogen (secondary N) is 2. The Balaban J connectivity index is 2.05. The molecular formula is C18H10Cl2F3IN2O2S. The molecule has 0 radical (unpaired) electrons. The zero-order valence-corrected chi connectivity index (χ0v) is 18.6. The van der Waals surface area contributed by atoms with Crippen LogP contribution >= 0.6 is 45.8 Å². The van der Waals surface area contributed by atoms with Gasteiger partial charge in [0.1, 0.15) is 16.4 Å². The van der Waals surface area contributed by atoms with Gasteiger partial charge in [-0.2, -0.15) is 0 Å². The van der Waals surface area contributed by atoms with Crippen LogP contribution in [0.4, 0.5) is 30.2 Å². The molecule has 0 aliphatic heterocycles. The van der Waals surface area contributed by atoms with E-state index < -0.39 is 33.2 Å². The Labute approximate surface area is 188 Å². The molecule has 4 nitrogen and oxygen atoms in total. The maximum Gasteiger partial charge on any atom is 0.263 e. The molecular weight excluding hydrogens is 563 g/mol.